The lowest BCUT2D eigenvalue weighted by Gasteiger charge is -1.98. The van der Waals surface area contributed by atoms with E-state index in [1.807, 2.05) is 0 Å². The summed E-state index contributed by atoms with van der Waals surface area (Å²) in [6.45, 7) is 0. The van der Waals surface area contributed by atoms with Crippen LogP contribution in [-0.4, -0.2) is 31.7 Å². The summed E-state index contributed by atoms with van der Waals surface area (Å²) in [5, 5.41) is 11.9. The first-order valence-corrected chi connectivity index (χ1v) is 6.18. The van der Waals surface area contributed by atoms with Crippen molar-refractivity contribution in [3.63, 3.8) is 0 Å². The Morgan fingerprint density at radius 3 is 3.12 bits per heavy atom. The largest absolute Gasteiger partial charge is 0.461 e. The molecule has 0 fully saturated rings. The smallest absolute Gasteiger partial charge is 0.209 e. The first kappa shape index (κ1) is 11.8. The van der Waals surface area contributed by atoms with Gasteiger partial charge in [-0.1, -0.05) is 11.8 Å². The van der Waals surface area contributed by atoms with Crippen LogP contribution in [0.2, 0.25) is 0 Å². The van der Waals surface area contributed by atoms with E-state index in [2.05, 4.69) is 15.5 Å². The molecule has 2 aromatic heterocycles. The second-order valence-corrected chi connectivity index (χ2v) is 4.50. The summed E-state index contributed by atoms with van der Waals surface area (Å²) in [6.07, 6.45) is 2.76. The molecule has 2 heterocycles. The molecule has 2 aromatic rings. The van der Waals surface area contributed by atoms with Crippen LogP contribution in [0.25, 0.3) is 0 Å². The van der Waals surface area contributed by atoms with Crippen LogP contribution in [0.1, 0.15) is 23.4 Å². The number of hydrogen-bond acceptors (Lipinski definition) is 6. The second-order valence-electron chi connectivity index (χ2n) is 3.44. The van der Waals surface area contributed by atoms with Crippen LogP contribution < -0.4 is 0 Å². The van der Waals surface area contributed by atoms with Crippen LogP contribution in [0.3, 0.4) is 0 Å². The average Bonchev–Trinajstić information content (AvgIpc) is 2.96. The predicted octanol–water partition coefficient (Wildman–Crippen LogP) is 1.56. The van der Waals surface area contributed by atoms with Gasteiger partial charge in [0.25, 0.3) is 0 Å². The molecule has 0 aliphatic carbocycles. The summed E-state index contributed by atoms with van der Waals surface area (Å²) >= 11 is 1.54. The minimum atomic E-state index is 0.0340. The van der Waals surface area contributed by atoms with Crippen molar-refractivity contribution < 1.29 is 9.21 Å². The molecule has 0 bridgehead atoms. The third kappa shape index (κ3) is 3.16. The minimum absolute atomic E-state index is 0.0340. The van der Waals surface area contributed by atoms with Gasteiger partial charge < -0.3 is 4.42 Å². The maximum Gasteiger partial charge on any atom is 0.209 e. The number of carbonyl (C=O) groups excluding carboxylic acids is 1. The van der Waals surface area contributed by atoms with Crippen LogP contribution in [0.4, 0.5) is 0 Å². The van der Waals surface area contributed by atoms with Crippen molar-refractivity contribution in [3.8, 4) is 0 Å². The third-order valence-electron chi connectivity index (χ3n) is 2.16. The topological polar surface area (TPSA) is 73.8 Å². The molecule has 90 valence electrons. The van der Waals surface area contributed by atoms with Gasteiger partial charge >= 0.3 is 0 Å². The summed E-state index contributed by atoms with van der Waals surface area (Å²) < 4.78 is 6.63. The Morgan fingerprint density at radius 2 is 2.47 bits per heavy atom. The monoisotopic (exact) mass is 252 g/mol. The van der Waals surface area contributed by atoms with Crippen molar-refractivity contribution in [1.29, 1.82) is 0 Å². The molecule has 0 aromatic carbocycles. The summed E-state index contributed by atoms with van der Waals surface area (Å²) in [6, 6.07) is 3.40. The highest BCUT2D eigenvalue weighted by Gasteiger charge is 2.08. The van der Waals surface area contributed by atoms with Crippen molar-refractivity contribution in [1.82, 2.24) is 20.2 Å². The molecule has 17 heavy (non-hydrogen) atoms. The van der Waals surface area contributed by atoms with Crippen molar-refractivity contribution in [2.45, 2.75) is 18.0 Å². The van der Waals surface area contributed by atoms with E-state index in [4.69, 9.17) is 4.42 Å². The molecule has 0 radical (unpaired) electrons. The van der Waals surface area contributed by atoms with E-state index in [0.717, 1.165) is 17.3 Å². The zero-order valence-electron chi connectivity index (χ0n) is 9.37. The lowest BCUT2D eigenvalue weighted by Crippen LogP contribution is -1.98. The SMILES string of the molecule is Cn1nnnc1SCCCC(=O)c1ccco1. The van der Waals surface area contributed by atoms with Crippen molar-refractivity contribution in [2.75, 3.05) is 5.75 Å². The van der Waals surface area contributed by atoms with E-state index < -0.39 is 0 Å². The maximum atomic E-state index is 11.6. The summed E-state index contributed by atoms with van der Waals surface area (Å²) in [4.78, 5) is 11.6. The third-order valence-corrected chi connectivity index (χ3v) is 3.25. The summed E-state index contributed by atoms with van der Waals surface area (Å²) in [5.74, 6) is 1.27. The standard InChI is InChI=1S/C10H12N4O2S/c1-14-10(11-12-13-14)17-7-3-4-8(15)9-5-2-6-16-9/h2,5-6H,3-4,7H2,1H3. The number of hydrogen-bond donors (Lipinski definition) is 0. The first-order chi connectivity index (χ1) is 8.27. The Morgan fingerprint density at radius 1 is 1.59 bits per heavy atom. The predicted molar refractivity (Wildman–Crippen MR) is 61.8 cm³/mol. The van der Waals surface area contributed by atoms with Gasteiger partial charge in [-0.15, -0.1) is 5.10 Å². The van der Waals surface area contributed by atoms with Gasteiger partial charge in [-0.05, 0) is 29.0 Å². The fourth-order valence-corrected chi connectivity index (χ4v) is 2.09. The van der Waals surface area contributed by atoms with E-state index in [1.54, 1.807) is 23.9 Å². The van der Waals surface area contributed by atoms with Crippen LogP contribution in [0, 0.1) is 0 Å². The van der Waals surface area contributed by atoms with Gasteiger partial charge in [0, 0.05) is 19.2 Å². The Hall–Kier alpha value is -1.63. The number of ketones is 1. The molecule has 0 aliphatic rings. The number of aromatic nitrogens is 4. The zero-order valence-corrected chi connectivity index (χ0v) is 10.2. The van der Waals surface area contributed by atoms with Gasteiger partial charge in [-0.25, -0.2) is 4.68 Å². The number of Topliss-reactive ketones (excluding diaryl/α,β-unsaturated/α-hetero) is 1. The normalized spacial score (nSPS) is 10.6. The Bertz CT molecular complexity index is 480. The maximum absolute atomic E-state index is 11.6. The second kappa shape index (κ2) is 5.62. The summed E-state index contributed by atoms with van der Waals surface area (Å²) in [5.41, 5.74) is 0. The number of tetrazole rings is 1. The molecule has 7 heteroatoms. The van der Waals surface area contributed by atoms with Crippen LogP contribution in [-0.2, 0) is 7.05 Å². The lowest BCUT2D eigenvalue weighted by molar-refractivity contribution is 0.0955. The van der Waals surface area contributed by atoms with Gasteiger partial charge in [-0.3, -0.25) is 4.79 Å². The molecular formula is C10H12N4O2S. The molecule has 0 saturated heterocycles. The van der Waals surface area contributed by atoms with E-state index >= 15 is 0 Å². The van der Waals surface area contributed by atoms with Crippen LogP contribution in [0.5, 0.6) is 0 Å². The fraction of sp³-hybridized carbons (Fsp3) is 0.400. The molecule has 0 saturated carbocycles. The van der Waals surface area contributed by atoms with Crippen molar-refractivity contribution in [3.05, 3.63) is 24.2 Å². The van der Waals surface area contributed by atoms with Crippen molar-refractivity contribution >= 4 is 17.5 Å². The lowest BCUT2D eigenvalue weighted by atomic mass is 10.2. The number of furan rings is 1. The highest BCUT2D eigenvalue weighted by atomic mass is 32.2. The Kier molecular flexibility index (Phi) is 3.92. The highest BCUT2D eigenvalue weighted by Crippen LogP contribution is 2.15. The molecule has 0 N–H and O–H groups in total. The molecule has 2 rings (SSSR count). The van der Waals surface area contributed by atoms with Crippen molar-refractivity contribution in [2.24, 2.45) is 7.05 Å². The molecule has 0 atom stereocenters. The summed E-state index contributed by atoms with van der Waals surface area (Å²) in [7, 11) is 1.79. The van der Waals surface area contributed by atoms with Gasteiger partial charge in [0.15, 0.2) is 11.5 Å². The number of thioether (sulfide) groups is 1. The quantitative estimate of drug-likeness (QED) is 0.441. The Labute approximate surface area is 102 Å². The highest BCUT2D eigenvalue weighted by molar-refractivity contribution is 7.99. The number of nitrogens with zero attached hydrogens (tertiary/aromatic N) is 4. The molecule has 0 aliphatic heterocycles. The number of aryl methyl sites for hydroxylation is 1. The first-order valence-electron chi connectivity index (χ1n) is 5.19. The van der Waals surface area contributed by atoms with Gasteiger partial charge in [0.2, 0.25) is 5.16 Å². The molecule has 6 nitrogen and oxygen atoms in total. The average molecular weight is 252 g/mol. The van der Waals surface area contributed by atoms with E-state index in [1.165, 1.54) is 18.0 Å². The van der Waals surface area contributed by atoms with Gasteiger partial charge in [0.1, 0.15) is 0 Å². The Balaban J connectivity index is 1.70. The molecule has 0 amide bonds. The zero-order chi connectivity index (χ0) is 12.1. The molecular weight excluding hydrogens is 240 g/mol. The number of rotatable bonds is 6. The van der Waals surface area contributed by atoms with E-state index in [-0.39, 0.29) is 5.78 Å². The molecule has 0 unspecified atom stereocenters. The van der Waals surface area contributed by atoms with Gasteiger partial charge in [-0.2, -0.15) is 0 Å². The van der Waals surface area contributed by atoms with Gasteiger partial charge in [0.05, 0.1) is 6.26 Å². The van der Waals surface area contributed by atoms with E-state index in [0.29, 0.717) is 12.2 Å². The van der Waals surface area contributed by atoms with Crippen LogP contribution >= 0.6 is 11.8 Å². The fourth-order valence-electron chi connectivity index (χ4n) is 1.30. The van der Waals surface area contributed by atoms with E-state index in [9.17, 15) is 4.79 Å². The number of carbonyl (C=O) groups is 1. The van der Waals surface area contributed by atoms with Crippen LogP contribution in [0.15, 0.2) is 28.0 Å². The molecule has 0 spiro atoms. The minimum Gasteiger partial charge on any atom is -0.461 e.